The number of hydrogen-bond acceptors (Lipinski definition) is 3. The Balaban J connectivity index is 1.47. The number of halogens is 2. The molecule has 0 saturated heterocycles. The van der Waals surface area contributed by atoms with E-state index in [1.54, 1.807) is 10.9 Å². The van der Waals surface area contributed by atoms with Gasteiger partial charge in [-0.3, -0.25) is 9.48 Å². The first-order chi connectivity index (χ1) is 14.5. The summed E-state index contributed by atoms with van der Waals surface area (Å²) in [6.45, 7) is 2.39. The Morgan fingerprint density at radius 1 is 1.10 bits per heavy atom. The molecule has 0 spiro atoms. The normalized spacial score (nSPS) is 11.6. The van der Waals surface area contributed by atoms with Crippen LogP contribution in [0.5, 0.6) is 0 Å². The molecule has 5 nitrogen and oxygen atoms in total. The molecule has 0 bridgehead atoms. The first kappa shape index (κ1) is 20.3. The fraction of sp³-hybridized carbons (Fsp3) is 0.0870. The quantitative estimate of drug-likeness (QED) is 0.296. The van der Waals surface area contributed by atoms with Crippen LogP contribution in [-0.2, 0) is 6.54 Å². The number of hydrogen-bond donors (Lipinski definition) is 1. The molecule has 0 fully saturated rings. The smallest absolute Gasteiger partial charge is 0.266 e. The van der Waals surface area contributed by atoms with Crippen molar-refractivity contribution in [3.8, 4) is 0 Å². The maximum atomic E-state index is 12.6. The third-order valence-electron chi connectivity index (χ3n) is 4.68. The molecule has 3 aromatic carbocycles. The van der Waals surface area contributed by atoms with E-state index >= 15 is 0 Å². The highest BCUT2D eigenvalue weighted by atomic mass is 79.9. The molecule has 0 aliphatic heterocycles. The van der Waals surface area contributed by atoms with Gasteiger partial charge in [0.25, 0.3) is 5.91 Å². The topological polar surface area (TPSA) is 59.3 Å². The number of aromatic nitrogens is 2. The third-order valence-corrected chi connectivity index (χ3v) is 5.51. The standard InChI is InChI=1S/C23H18BrClN4O/c1-15(18-9-8-17-4-2-3-5-19(17)12-18)26-27-23(30)22-21(24)14-29(28-22)13-16-6-10-20(25)11-7-16/h2-12,14H,13H2,1H3,(H,27,30). The highest BCUT2D eigenvalue weighted by molar-refractivity contribution is 9.10. The maximum absolute atomic E-state index is 12.6. The summed E-state index contributed by atoms with van der Waals surface area (Å²) >= 11 is 9.33. The summed E-state index contributed by atoms with van der Waals surface area (Å²) in [4.78, 5) is 12.6. The van der Waals surface area contributed by atoms with Crippen LogP contribution in [0.1, 0.15) is 28.5 Å². The van der Waals surface area contributed by atoms with E-state index in [-0.39, 0.29) is 11.6 Å². The van der Waals surface area contributed by atoms with E-state index in [9.17, 15) is 4.79 Å². The number of rotatable bonds is 5. The van der Waals surface area contributed by atoms with Gasteiger partial charge in [-0.05, 0) is 63.0 Å². The summed E-state index contributed by atoms with van der Waals surface area (Å²) in [5.41, 5.74) is 5.57. The van der Waals surface area contributed by atoms with Crippen LogP contribution in [0.4, 0.5) is 0 Å². The first-order valence-electron chi connectivity index (χ1n) is 9.31. The van der Waals surface area contributed by atoms with Gasteiger partial charge in [0.05, 0.1) is 16.7 Å². The van der Waals surface area contributed by atoms with Crippen LogP contribution in [0, 0.1) is 0 Å². The van der Waals surface area contributed by atoms with E-state index in [4.69, 9.17) is 11.6 Å². The molecule has 0 unspecified atom stereocenters. The maximum Gasteiger partial charge on any atom is 0.293 e. The van der Waals surface area contributed by atoms with Gasteiger partial charge in [0, 0.05) is 11.2 Å². The Morgan fingerprint density at radius 3 is 2.60 bits per heavy atom. The summed E-state index contributed by atoms with van der Waals surface area (Å²) in [7, 11) is 0. The van der Waals surface area contributed by atoms with Gasteiger partial charge in [-0.1, -0.05) is 60.1 Å². The van der Waals surface area contributed by atoms with E-state index in [0.29, 0.717) is 21.8 Å². The van der Waals surface area contributed by atoms with Crippen LogP contribution in [0.25, 0.3) is 10.8 Å². The molecule has 4 rings (SSSR count). The fourth-order valence-electron chi connectivity index (χ4n) is 3.08. The summed E-state index contributed by atoms with van der Waals surface area (Å²) in [6, 6.07) is 21.7. The molecular formula is C23H18BrClN4O. The summed E-state index contributed by atoms with van der Waals surface area (Å²) < 4.78 is 2.30. The lowest BCUT2D eigenvalue weighted by Gasteiger charge is -2.04. The van der Waals surface area contributed by atoms with Crippen LogP contribution in [0.2, 0.25) is 5.02 Å². The van der Waals surface area contributed by atoms with Crippen molar-refractivity contribution in [1.82, 2.24) is 15.2 Å². The number of nitrogens with one attached hydrogen (secondary N) is 1. The molecule has 0 atom stereocenters. The predicted molar refractivity (Wildman–Crippen MR) is 124 cm³/mol. The van der Waals surface area contributed by atoms with Crippen molar-refractivity contribution in [1.29, 1.82) is 0 Å². The number of benzene rings is 3. The number of nitrogens with zero attached hydrogens (tertiary/aromatic N) is 3. The molecule has 1 amide bonds. The van der Waals surface area contributed by atoms with Crippen molar-refractivity contribution >= 4 is 49.9 Å². The molecule has 1 N–H and O–H groups in total. The first-order valence-corrected chi connectivity index (χ1v) is 10.5. The third kappa shape index (κ3) is 4.61. The largest absolute Gasteiger partial charge is 0.293 e. The zero-order chi connectivity index (χ0) is 21.1. The second kappa shape index (κ2) is 8.81. The van der Waals surface area contributed by atoms with Gasteiger partial charge >= 0.3 is 0 Å². The summed E-state index contributed by atoms with van der Waals surface area (Å²) in [5, 5.41) is 11.6. The summed E-state index contributed by atoms with van der Waals surface area (Å²) in [5.74, 6) is -0.378. The minimum atomic E-state index is -0.378. The van der Waals surface area contributed by atoms with Gasteiger partial charge < -0.3 is 0 Å². The zero-order valence-electron chi connectivity index (χ0n) is 16.1. The average molecular weight is 482 g/mol. The molecular weight excluding hydrogens is 464 g/mol. The number of hydrazone groups is 1. The fourth-order valence-corrected chi connectivity index (χ4v) is 3.70. The second-order valence-corrected chi connectivity index (χ2v) is 8.14. The molecule has 0 radical (unpaired) electrons. The zero-order valence-corrected chi connectivity index (χ0v) is 18.5. The Bertz CT molecular complexity index is 1250. The predicted octanol–water partition coefficient (Wildman–Crippen LogP) is 5.65. The van der Waals surface area contributed by atoms with Gasteiger partial charge in [0.15, 0.2) is 5.69 Å². The van der Waals surface area contributed by atoms with Crippen LogP contribution >= 0.6 is 27.5 Å². The molecule has 0 saturated carbocycles. The van der Waals surface area contributed by atoms with E-state index in [1.165, 1.54) is 0 Å². The molecule has 1 aromatic heterocycles. The average Bonchev–Trinajstić information content (AvgIpc) is 3.13. The van der Waals surface area contributed by atoms with Crippen molar-refractivity contribution in [2.24, 2.45) is 5.10 Å². The Morgan fingerprint density at radius 2 is 1.83 bits per heavy atom. The van der Waals surface area contributed by atoms with Gasteiger partial charge in [-0.25, -0.2) is 5.43 Å². The van der Waals surface area contributed by atoms with Gasteiger partial charge in [-0.15, -0.1) is 0 Å². The SMILES string of the molecule is CC(=NNC(=O)c1nn(Cc2ccc(Cl)cc2)cc1Br)c1ccc2ccccc2c1. The van der Waals surface area contributed by atoms with E-state index < -0.39 is 0 Å². The molecule has 0 aliphatic carbocycles. The molecule has 1 heterocycles. The minimum absolute atomic E-state index is 0.277. The highest BCUT2D eigenvalue weighted by Crippen LogP contribution is 2.18. The lowest BCUT2D eigenvalue weighted by Crippen LogP contribution is -2.20. The Kier molecular flexibility index (Phi) is 5.97. The van der Waals surface area contributed by atoms with Gasteiger partial charge in [0.2, 0.25) is 0 Å². The van der Waals surface area contributed by atoms with Crippen molar-refractivity contribution in [2.45, 2.75) is 13.5 Å². The lowest BCUT2D eigenvalue weighted by atomic mass is 10.0. The number of carbonyl (C=O) groups is 1. The molecule has 7 heteroatoms. The monoisotopic (exact) mass is 480 g/mol. The van der Waals surface area contributed by atoms with Crippen molar-refractivity contribution in [2.75, 3.05) is 0 Å². The Hall–Kier alpha value is -2.96. The second-order valence-electron chi connectivity index (χ2n) is 6.85. The molecule has 150 valence electrons. The summed E-state index contributed by atoms with van der Waals surface area (Å²) in [6.07, 6.45) is 1.77. The highest BCUT2D eigenvalue weighted by Gasteiger charge is 2.15. The van der Waals surface area contributed by atoms with Crippen molar-refractivity contribution < 1.29 is 4.79 Å². The minimum Gasteiger partial charge on any atom is -0.266 e. The van der Waals surface area contributed by atoms with E-state index in [0.717, 1.165) is 21.9 Å². The van der Waals surface area contributed by atoms with Crippen LogP contribution < -0.4 is 5.43 Å². The number of carbonyl (C=O) groups excluding carboxylic acids is 1. The van der Waals surface area contributed by atoms with E-state index in [2.05, 4.69) is 49.8 Å². The van der Waals surface area contributed by atoms with Crippen LogP contribution in [0.3, 0.4) is 0 Å². The van der Waals surface area contributed by atoms with Crippen molar-refractivity contribution in [3.63, 3.8) is 0 Å². The number of fused-ring (bicyclic) bond motifs is 1. The lowest BCUT2D eigenvalue weighted by molar-refractivity contribution is 0.0948. The van der Waals surface area contributed by atoms with Crippen LogP contribution in [-0.4, -0.2) is 21.4 Å². The van der Waals surface area contributed by atoms with Crippen LogP contribution in [0.15, 0.2) is 82.5 Å². The van der Waals surface area contributed by atoms with E-state index in [1.807, 2.05) is 55.5 Å². The molecule has 4 aromatic rings. The van der Waals surface area contributed by atoms with Gasteiger partial charge in [0.1, 0.15) is 0 Å². The van der Waals surface area contributed by atoms with Gasteiger partial charge in [-0.2, -0.15) is 10.2 Å². The van der Waals surface area contributed by atoms with Crippen molar-refractivity contribution in [3.05, 3.63) is 99.2 Å². The molecule has 30 heavy (non-hydrogen) atoms. The Labute approximate surface area is 187 Å². The molecule has 0 aliphatic rings. The number of amides is 1.